The maximum absolute atomic E-state index is 13.8. The van der Waals surface area contributed by atoms with Gasteiger partial charge in [0.1, 0.15) is 42.3 Å². The number of epoxide rings is 1. The van der Waals surface area contributed by atoms with E-state index in [4.69, 9.17) is 44.8 Å². The zero-order valence-electron chi connectivity index (χ0n) is 63.8. The molecule has 109 heavy (non-hydrogen) atoms. The summed E-state index contributed by atoms with van der Waals surface area (Å²) in [6.07, 6.45) is 7.50. The summed E-state index contributed by atoms with van der Waals surface area (Å²) in [6.45, 7) is 18.0. The number of aliphatic carboxylic acids is 1. The number of nitrogens with zero attached hydrogens (tertiary/aromatic N) is 3. The Bertz CT molecular complexity index is 3620. The predicted octanol–water partition coefficient (Wildman–Crippen LogP) is 4.67. The van der Waals surface area contributed by atoms with Gasteiger partial charge in [0.05, 0.1) is 56.6 Å². The summed E-state index contributed by atoms with van der Waals surface area (Å²) in [5.41, 5.74) is 2.26. The van der Waals surface area contributed by atoms with Crippen molar-refractivity contribution < 1.29 is 95.8 Å². The molecule has 6 atom stereocenters. The Hall–Kier alpha value is -9.53. The Morgan fingerprint density at radius 1 is 0.716 bits per heavy atom. The highest BCUT2D eigenvalue weighted by Crippen LogP contribution is 2.44. The van der Waals surface area contributed by atoms with E-state index in [2.05, 4.69) is 78.6 Å². The molecule has 32 heteroatoms. The summed E-state index contributed by atoms with van der Waals surface area (Å²) in [4.78, 5) is 157. The van der Waals surface area contributed by atoms with E-state index in [-0.39, 0.29) is 92.8 Å². The summed E-state index contributed by atoms with van der Waals surface area (Å²) in [6, 6.07) is 15.0. The number of hydrogen-bond acceptors (Lipinski definition) is 20. The van der Waals surface area contributed by atoms with Crippen LogP contribution in [0.1, 0.15) is 122 Å². The highest BCUT2D eigenvalue weighted by Gasteiger charge is 2.43. The van der Waals surface area contributed by atoms with E-state index in [1.165, 1.54) is 38.3 Å². The maximum Gasteiger partial charge on any atom is 0.410 e. The van der Waals surface area contributed by atoms with Crippen LogP contribution in [0.5, 0.6) is 11.5 Å². The minimum absolute atomic E-state index is 0.0144. The molecule has 0 radical (unpaired) electrons. The molecule has 3 aliphatic heterocycles. The first kappa shape index (κ1) is 88.4. The van der Waals surface area contributed by atoms with Gasteiger partial charge in [0, 0.05) is 121 Å². The van der Waals surface area contributed by atoms with Gasteiger partial charge in [-0.25, -0.2) is 9.59 Å². The number of anilines is 1. The van der Waals surface area contributed by atoms with Gasteiger partial charge in [-0.3, -0.25) is 57.7 Å². The number of methoxy groups -OCH3 is 1. The van der Waals surface area contributed by atoms with E-state index >= 15 is 0 Å². The van der Waals surface area contributed by atoms with Crippen LogP contribution in [0.4, 0.5) is 10.5 Å². The van der Waals surface area contributed by atoms with Crippen molar-refractivity contribution >= 4 is 88.4 Å². The van der Waals surface area contributed by atoms with Crippen LogP contribution < -0.4 is 52.0 Å². The highest BCUT2D eigenvalue weighted by molar-refractivity contribution is 6.32. The highest BCUT2D eigenvalue weighted by atomic mass is 35.5. The third-order valence-electron chi connectivity index (χ3n) is 18.0. The van der Waals surface area contributed by atoms with Crippen LogP contribution >= 0.6 is 11.6 Å². The largest absolute Gasteiger partial charge is 0.495 e. The number of benzene rings is 3. The molecule has 0 spiro atoms. The Balaban J connectivity index is 0.897. The molecular weight excluding hydrogens is 1430 g/mol. The molecule has 11 amide bonds. The lowest BCUT2D eigenvalue weighted by Gasteiger charge is -2.34. The molecule has 9 N–H and O–H groups in total. The van der Waals surface area contributed by atoms with Gasteiger partial charge in [-0.05, 0) is 111 Å². The van der Waals surface area contributed by atoms with Crippen LogP contribution in [0.15, 0.2) is 85.0 Å². The first-order valence-electron chi connectivity index (χ1n) is 36.9. The number of piperazine rings is 1. The summed E-state index contributed by atoms with van der Waals surface area (Å²) >= 11 is 6.41. The van der Waals surface area contributed by atoms with E-state index in [0.717, 1.165) is 22.4 Å². The average molecular weight is 1540 g/mol. The van der Waals surface area contributed by atoms with Gasteiger partial charge >= 0.3 is 12.1 Å². The number of carboxylic acid groups (broad SMARTS) is 1. The molecule has 3 aliphatic rings. The van der Waals surface area contributed by atoms with Gasteiger partial charge in [-0.1, -0.05) is 82.6 Å². The smallest absolute Gasteiger partial charge is 0.410 e. The standard InChI is InChI=1S/C77H108ClN11O20/c1-49(2)40-60(74(99)100)86-75(101)77(7,8)48-82-72(97)59(42-54-18-23-61(103-9)58(78)41-54)85-64(92)15-11-10-14-51(5)70-71(109-70)55-19-16-53(17-20-55)45-87-30-32-88(33-31-87)76(102)108-46-56-21-22-57(84-65(93)44-81-73(98)69(50(3)4)83-52(6)90)43-62(56)107-47-66(94)80-28-13-35-105-37-39-106-38-36-104-34-12-27-79-63(91)26-29-89-67(95)24-25-68(89)96/h11,15-25,41,43,49-51,59-60,69-71H,10,12-14,26-40,42,44-48H2,1-9H3,(H,79,91)(H,80,94)(H,81,98)(H,82,97)(H,83,90)(H,84,93)(H,85,92)(H,86,101)(H,99,100)/b15-11+/t51-,59+,60-,69?,70+,71+/m0/s1. The van der Waals surface area contributed by atoms with Crippen molar-refractivity contribution in [3.8, 4) is 11.5 Å². The Morgan fingerprint density at radius 2 is 1.36 bits per heavy atom. The maximum atomic E-state index is 13.8. The average Bonchev–Trinajstić information content (AvgIpc) is 1.78. The second kappa shape index (κ2) is 45.4. The number of carbonyl (C=O) groups excluding carboxylic acids is 11. The minimum atomic E-state index is -1.19. The first-order valence-corrected chi connectivity index (χ1v) is 37.3. The molecule has 0 aliphatic carbocycles. The molecule has 2 saturated heterocycles. The van der Waals surface area contributed by atoms with E-state index < -0.39 is 102 Å². The number of halogens is 1. The van der Waals surface area contributed by atoms with E-state index in [1.54, 1.807) is 69.0 Å². The Labute approximate surface area is 641 Å². The monoisotopic (exact) mass is 1540 g/mol. The number of allylic oxidation sites excluding steroid dienone is 1. The molecule has 3 aromatic carbocycles. The van der Waals surface area contributed by atoms with Gasteiger partial charge < -0.3 is 85.7 Å². The normalized spacial score (nSPS) is 16.1. The fourth-order valence-corrected chi connectivity index (χ4v) is 11.9. The minimum Gasteiger partial charge on any atom is -0.495 e. The SMILES string of the molecule is COc1ccc(C[C@@H](NC(=O)/C=C/CC[C@H](C)[C@H]2O[C@@H]2c2ccc(CN3CCN(C(=O)OCc4ccc(NC(=O)CNC(=O)C(NC(C)=O)C(C)C)cc4OCC(=O)NCCCOCCOCCOCCCNC(=O)CCN4C(=O)C=CC4=O)CC3)cc2)C(=O)NCC(C)(C)C(=O)N[C@@H](CC(C)C)C(=O)O)cc1Cl. The van der Waals surface area contributed by atoms with E-state index in [9.17, 15) is 62.6 Å². The number of ether oxygens (including phenoxy) is 7. The lowest BCUT2D eigenvalue weighted by Crippen LogP contribution is -2.53. The number of nitrogens with one attached hydrogen (secondary N) is 8. The Kier molecular flexibility index (Phi) is 36.8. The van der Waals surface area contributed by atoms with Crippen molar-refractivity contribution in [3.05, 3.63) is 112 Å². The van der Waals surface area contributed by atoms with Crippen molar-refractivity contribution in [3.63, 3.8) is 0 Å². The lowest BCUT2D eigenvalue weighted by atomic mass is 9.91. The fourth-order valence-electron chi connectivity index (χ4n) is 11.6. The lowest BCUT2D eigenvalue weighted by molar-refractivity contribution is -0.144. The molecule has 598 valence electrons. The van der Waals surface area contributed by atoms with Gasteiger partial charge in [-0.2, -0.15) is 0 Å². The van der Waals surface area contributed by atoms with Crippen molar-refractivity contribution in [2.24, 2.45) is 23.2 Å². The second-order valence-electron chi connectivity index (χ2n) is 28.3. The van der Waals surface area contributed by atoms with Crippen LogP contribution in [0.3, 0.4) is 0 Å². The number of rotatable bonds is 48. The van der Waals surface area contributed by atoms with Crippen LogP contribution in [-0.2, 0) is 96.0 Å². The van der Waals surface area contributed by atoms with Gasteiger partial charge in [0.2, 0.25) is 41.4 Å². The van der Waals surface area contributed by atoms with Crippen LogP contribution in [-0.4, -0.2) is 227 Å². The van der Waals surface area contributed by atoms with Gasteiger partial charge in [0.15, 0.2) is 6.61 Å². The van der Waals surface area contributed by atoms with Crippen LogP contribution in [0, 0.1) is 23.2 Å². The molecule has 31 nitrogen and oxygen atoms in total. The topological polar surface area (TPSA) is 399 Å². The fraction of sp³-hybridized carbons (Fsp3) is 0.558. The van der Waals surface area contributed by atoms with Gasteiger partial charge in [-0.15, -0.1) is 0 Å². The van der Waals surface area contributed by atoms with Crippen molar-refractivity contribution in [1.29, 1.82) is 0 Å². The number of carboxylic acids is 1. The van der Waals surface area contributed by atoms with Crippen LogP contribution in [0.25, 0.3) is 0 Å². The zero-order chi connectivity index (χ0) is 79.6. The summed E-state index contributed by atoms with van der Waals surface area (Å²) in [7, 11) is 1.48. The molecule has 1 unspecified atom stereocenters. The molecule has 0 aromatic heterocycles. The third-order valence-corrected chi connectivity index (χ3v) is 18.3. The van der Waals surface area contributed by atoms with E-state index in [1.807, 2.05) is 13.8 Å². The third kappa shape index (κ3) is 31.5. The van der Waals surface area contributed by atoms with Crippen molar-refractivity contribution in [2.75, 3.05) is 118 Å². The molecule has 3 aromatic rings. The number of hydrogen-bond donors (Lipinski definition) is 9. The molecule has 0 saturated carbocycles. The zero-order valence-corrected chi connectivity index (χ0v) is 64.6. The number of amides is 11. The summed E-state index contributed by atoms with van der Waals surface area (Å²) in [5, 5.41) is 31.5. The van der Waals surface area contributed by atoms with Crippen LogP contribution in [0.2, 0.25) is 5.02 Å². The molecule has 3 heterocycles. The molecule has 0 bridgehead atoms. The number of carbonyl (C=O) groups is 12. The second-order valence-corrected chi connectivity index (χ2v) is 28.7. The van der Waals surface area contributed by atoms with Gasteiger partial charge in [0.25, 0.3) is 17.7 Å². The van der Waals surface area contributed by atoms with Crippen molar-refractivity contribution in [2.45, 2.75) is 144 Å². The molecular formula is C77H108ClN11O20. The molecule has 2 fully saturated rings. The first-order chi connectivity index (χ1) is 52.0. The predicted molar refractivity (Wildman–Crippen MR) is 402 cm³/mol. The molecule has 6 rings (SSSR count). The summed E-state index contributed by atoms with van der Waals surface area (Å²) in [5.74, 6) is -5.30. The Morgan fingerprint density at radius 3 is 1.97 bits per heavy atom. The quantitative estimate of drug-likeness (QED) is 0.0160. The number of imide groups is 1. The summed E-state index contributed by atoms with van der Waals surface area (Å²) < 4.78 is 39.9. The van der Waals surface area contributed by atoms with E-state index in [0.29, 0.717) is 120 Å². The van der Waals surface area contributed by atoms with Crippen molar-refractivity contribution in [1.82, 2.24) is 51.9 Å².